The number of hydrogen-bond donors (Lipinski definition) is 2. The van der Waals surface area contributed by atoms with Gasteiger partial charge in [-0.1, -0.05) is 0 Å². The SMILES string of the molecule is CC(C)Oc1ccc(C(=O)NCCOC(C)C(=O)O)cc1. The summed E-state index contributed by atoms with van der Waals surface area (Å²) < 4.78 is 10.5. The number of amides is 1. The maximum absolute atomic E-state index is 11.8. The summed E-state index contributed by atoms with van der Waals surface area (Å²) in [6, 6.07) is 6.82. The number of rotatable bonds is 8. The topological polar surface area (TPSA) is 84.9 Å². The van der Waals surface area contributed by atoms with E-state index in [9.17, 15) is 9.59 Å². The van der Waals surface area contributed by atoms with Gasteiger partial charge in [-0.3, -0.25) is 4.79 Å². The zero-order valence-electron chi connectivity index (χ0n) is 12.5. The quantitative estimate of drug-likeness (QED) is 0.713. The molecule has 1 unspecified atom stereocenters. The lowest BCUT2D eigenvalue weighted by molar-refractivity contribution is -0.148. The van der Waals surface area contributed by atoms with Gasteiger partial charge in [0.05, 0.1) is 12.7 Å². The van der Waals surface area contributed by atoms with Gasteiger partial charge in [-0.2, -0.15) is 0 Å². The number of benzene rings is 1. The molecule has 0 saturated heterocycles. The van der Waals surface area contributed by atoms with E-state index >= 15 is 0 Å². The lowest BCUT2D eigenvalue weighted by Gasteiger charge is -2.11. The number of nitrogens with one attached hydrogen (secondary N) is 1. The normalized spacial score (nSPS) is 12.0. The van der Waals surface area contributed by atoms with Crippen molar-refractivity contribution in [2.75, 3.05) is 13.2 Å². The molecule has 0 aliphatic carbocycles. The highest BCUT2D eigenvalue weighted by atomic mass is 16.5. The molecule has 2 N–H and O–H groups in total. The van der Waals surface area contributed by atoms with E-state index in [1.54, 1.807) is 24.3 Å². The van der Waals surface area contributed by atoms with Gasteiger partial charge in [-0.25, -0.2) is 4.79 Å². The molecule has 1 atom stereocenters. The van der Waals surface area contributed by atoms with Gasteiger partial charge in [0.1, 0.15) is 5.75 Å². The Labute approximate surface area is 124 Å². The van der Waals surface area contributed by atoms with Gasteiger partial charge >= 0.3 is 5.97 Å². The van der Waals surface area contributed by atoms with E-state index in [0.717, 1.165) is 0 Å². The lowest BCUT2D eigenvalue weighted by Crippen LogP contribution is -2.30. The van der Waals surface area contributed by atoms with Crippen molar-refractivity contribution in [3.63, 3.8) is 0 Å². The van der Waals surface area contributed by atoms with Crippen LogP contribution in [0, 0.1) is 0 Å². The standard InChI is InChI=1S/C15H21NO5/c1-10(2)21-13-6-4-12(5-7-13)14(17)16-8-9-20-11(3)15(18)19/h4-7,10-11H,8-9H2,1-3H3,(H,16,17)(H,18,19). The molecule has 0 fully saturated rings. The second-order valence-electron chi connectivity index (χ2n) is 4.80. The Morgan fingerprint density at radius 1 is 1.19 bits per heavy atom. The summed E-state index contributed by atoms with van der Waals surface area (Å²) in [5.74, 6) is -0.556. The van der Waals surface area contributed by atoms with Gasteiger partial charge in [-0.05, 0) is 45.0 Å². The van der Waals surface area contributed by atoms with Crippen molar-refractivity contribution in [3.05, 3.63) is 29.8 Å². The van der Waals surface area contributed by atoms with Crippen LogP contribution < -0.4 is 10.1 Å². The number of carboxylic acid groups (broad SMARTS) is 1. The average molecular weight is 295 g/mol. The molecule has 0 heterocycles. The monoisotopic (exact) mass is 295 g/mol. The zero-order valence-corrected chi connectivity index (χ0v) is 12.5. The van der Waals surface area contributed by atoms with E-state index in [-0.39, 0.29) is 25.2 Å². The summed E-state index contributed by atoms with van der Waals surface area (Å²) in [4.78, 5) is 22.4. The lowest BCUT2D eigenvalue weighted by atomic mass is 10.2. The Hall–Kier alpha value is -2.08. The third kappa shape index (κ3) is 6.27. The fourth-order valence-electron chi connectivity index (χ4n) is 1.53. The van der Waals surface area contributed by atoms with Crippen LogP contribution in [0.15, 0.2) is 24.3 Å². The van der Waals surface area contributed by atoms with E-state index < -0.39 is 12.1 Å². The number of carbonyl (C=O) groups is 2. The van der Waals surface area contributed by atoms with Crippen molar-refractivity contribution < 1.29 is 24.2 Å². The van der Waals surface area contributed by atoms with E-state index in [1.807, 2.05) is 13.8 Å². The summed E-state index contributed by atoms with van der Waals surface area (Å²) in [5, 5.41) is 11.3. The summed E-state index contributed by atoms with van der Waals surface area (Å²) in [5.41, 5.74) is 0.511. The van der Waals surface area contributed by atoms with Crippen LogP contribution in [0.3, 0.4) is 0 Å². The average Bonchev–Trinajstić information content (AvgIpc) is 2.43. The highest BCUT2D eigenvalue weighted by Crippen LogP contribution is 2.13. The van der Waals surface area contributed by atoms with Crippen LogP contribution in [0.4, 0.5) is 0 Å². The Bertz CT molecular complexity index is 469. The third-order valence-corrected chi connectivity index (χ3v) is 2.59. The first-order chi connectivity index (χ1) is 9.90. The van der Waals surface area contributed by atoms with Crippen LogP contribution >= 0.6 is 0 Å². The molecule has 1 rings (SSSR count). The van der Waals surface area contributed by atoms with E-state index in [4.69, 9.17) is 14.6 Å². The zero-order chi connectivity index (χ0) is 15.8. The van der Waals surface area contributed by atoms with Crippen LogP contribution in [0.25, 0.3) is 0 Å². The second-order valence-corrected chi connectivity index (χ2v) is 4.80. The molecule has 1 aromatic rings. The predicted octanol–water partition coefficient (Wildman–Crippen LogP) is 1.69. The smallest absolute Gasteiger partial charge is 0.332 e. The molecule has 116 valence electrons. The van der Waals surface area contributed by atoms with Crippen LogP contribution in [-0.4, -0.2) is 42.3 Å². The van der Waals surface area contributed by atoms with E-state index in [1.165, 1.54) is 6.92 Å². The van der Waals surface area contributed by atoms with Gasteiger partial charge in [0.2, 0.25) is 0 Å². The van der Waals surface area contributed by atoms with Gasteiger partial charge in [0.25, 0.3) is 5.91 Å². The maximum atomic E-state index is 11.8. The van der Waals surface area contributed by atoms with Crippen molar-refractivity contribution >= 4 is 11.9 Å². The van der Waals surface area contributed by atoms with Gasteiger partial charge in [0, 0.05) is 12.1 Å². The van der Waals surface area contributed by atoms with Crippen LogP contribution in [0.1, 0.15) is 31.1 Å². The first-order valence-corrected chi connectivity index (χ1v) is 6.79. The number of aliphatic carboxylic acids is 1. The van der Waals surface area contributed by atoms with Gasteiger partial charge < -0.3 is 19.9 Å². The molecule has 0 spiro atoms. The first-order valence-electron chi connectivity index (χ1n) is 6.79. The summed E-state index contributed by atoms with van der Waals surface area (Å²) in [7, 11) is 0. The molecule has 1 amide bonds. The minimum Gasteiger partial charge on any atom is -0.491 e. The molecule has 0 saturated carbocycles. The Morgan fingerprint density at radius 2 is 1.81 bits per heavy atom. The fourth-order valence-corrected chi connectivity index (χ4v) is 1.53. The summed E-state index contributed by atoms with van der Waals surface area (Å²) >= 11 is 0. The molecule has 6 heteroatoms. The van der Waals surface area contributed by atoms with Crippen LogP contribution in [0.2, 0.25) is 0 Å². The minimum atomic E-state index is -1.03. The van der Waals surface area contributed by atoms with Crippen LogP contribution in [-0.2, 0) is 9.53 Å². The van der Waals surface area contributed by atoms with E-state index in [2.05, 4.69) is 5.32 Å². The molecule has 1 aromatic carbocycles. The molecule has 0 aromatic heterocycles. The molecule has 0 aliphatic rings. The number of hydrogen-bond acceptors (Lipinski definition) is 4. The number of carboxylic acids is 1. The van der Waals surface area contributed by atoms with E-state index in [0.29, 0.717) is 11.3 Å². The number of carbonyl (C=O) groups excluding carboxylic acids is 1. The Balaban J connectivity index is 2.37. The van der Waals surface area contributed by atoms with Crippen molar-refractivity contribution in [2.24, 2.45) is 0 Å². The van der Waals surface area contributed by atoms with Crippen molar-refractivity contribution in [2.45, 2.75) is 33.0 Å². The molecular formula is C15H21NO5. The molecule has 21 heavy (non-hydrogen) atoms. The molecule has 6 nitrogen and oxygen atoms in total. The van der Waals surface area contributed by atoms with Crippen molar-refractivity contribution in [1.29, 1.82) is 0 Å². The minimum absolute atomic E-state index is 0.0815. The van der Waals surface area contributed by atoms with Crippen molar-refractivity contribution in [3.8, 4) is 5.75 Å². The number of ether oxygens (including phenoxy) is 2. The Kier molecular flexibility index (Phi) is 6.68. The molecular weight excluding hydrogens is 274 g/mol. The highest BCUT2D eigenvalue weighted by molar-refractivity contribution is 5.94. The Morgan fingerprint density at radius 3 is 2.33 bits per heavy atom. The first kappa shape index (κ1) is 17.0. The molecule has 0 aliphatic heterocycles. The third-order valence-electron chi connectivity index (χ3n) is 2.59. The molecule has 0 radical (unpaired) electrons. The second kappa shape index (κ2) is 8.26. The predicted molar refractivity (Wildman–Crippen MR) is 77.6 cm³/mol. The maximum Gasteiger partial charge on any atom is 0.332 e. The van der Waals surface area contributed by atoms with Gasteiger partial charge in [-0.15, -0.1) is 0 Å². The summed E-state index contributed by atoms with van der Waals surface area (Å²) in [6.45, 7) is 5.70. The van der Waals surface area contributed by atoms with Crippen LogP contribution in [0.5, 0.6) is 5.75 Å². The fraction of sp³-hybridized carbons (Fsp3) is 0.467. The van der Waals surface area contributed by atoms with Crippen molar-refractivity contribution in [1.82, 2.24) is 5.32 Å². The highest BCUT2D eigenvalue weighted by Gasteiger charge is 2.11. The largest absolute Gasteiger partial charge is 0.491 e. The summed E-state index contributed by atoms with van der Waals surface area (Å²) in [6.07, 6.45) is -0.799. The van der Waals surface area contributed by atoms with Gasteiger partial charge in [0.15, 0.2) is 6.10 Å². The molecule has 0 bridgehead atoms.